The number of benzene rings is 2. The van der Waals surface area contributed by atoms with Crippen LogP contribution in [0.25, 0.3) is 0 Å². The minimum Gasteiger partial charge on any atom is -0.465 e. The van der Waals surface area contributed by atoms with Gasteiger partial charge < -0.3 is 4.74 Å². The zero-order valence-corrected chi connectivity index (χ0v) is 13.4. The van der Waals surface area contributed by atoms with Crippen molar-refractivity contribution in [3.8, 4) is 0 Å². The van der Waals surface area contributed by atoms with Crippen LogP contribution in [0.4, 0.5) is 0 Å². The summed E-state index contributed by atoms with van der Waals surface area (Å²) < 4.78 is 5.34. The summed E-state index contributed by atoms with van der Waals surface area (Å²) in [5.41, 5.74) is 2.36. The Morgan fingerprint density at radius 2 is 1.78 bits per heavy atom. The van der Waals surface area contributed by atoms with Gasteiger partial charge in [-0.05, 0) is 18.1 Å². The van der Waals surface area contributed by atoms with E-state index in [-0.39, 0.29) is 5.97 Å². The van der Waals surface area contributed by atoms with Gasteiger partial charge in [0.2, 0.25) is 0 Å². The van der Waals surface area contributed by atoms with E-state index in [1.54, 1.807) is 0 Å². The number of carbonyl (C=O) groups excluding carboxylic acids is 1. The molecule has 1 fully saturated rings. The van der Waals surface area contributed by atoms with E-state index in [2.05, 4.69) is 17.0 Å². The van der Waals surface area contributed by atoms with Crippen LogP contribution in [0.3, 0.4) is 0 Å². The van der Waals surface area contributed by atoms with Gasteiger partial charge in [-0.1, -0.05) is 60.1 Å². The molecular formula is C19H20BNO2. The summed E-state index contributed by atoms with van der Waals surface area (Å²) in [6.45, 7) is 4.43. The van der Waals surface area contributed by atoms with Crippen molar-refractivity contribution in [1.82, 2.24) is 4.90 Å². The second-order valence-electron chi connectivity index (χ2n) is 6.06. The highest BCUT2D eigenvalue weighted by Gasteiger charge is 2.51. The fraction of sp³-hybridized carbons (Fsp3) is 0.316. The maximum atomic E-state index is 12.6. The molecule has 1 heterocycles. The first kappa shape index (κ1) is 15.8. The van der Waals surface area contributed by atoms with Gasteiger partial charge in [-0.25, -0.2) is 0 Å². The predicted molar refractivity (Wildman–Crippen MR) is 91.9 cm³/mol. The molecule has 0 amide bonds. The van der Waals surface area contributed by atoms with Crippen LogP contribution in [0.15, 0.2) is 54.6 Å². The van der Waals surface area contributed by atoms with E-state index in [0.29, 0.717) is 25.2 Å². The third kappa shape index (κ3) is 3.18. The molecule has 0 aromatic heterocycles. The number of rotatable bonds is 5. The fourth-order valence-electron chi connectivity index (χ4n) is 3.17. The standard InChI is InChI=1S/C19H20BNO2/c1-2-23-18(22)19(16-8-10-17(20)11-9-16)13-21(14-19)12-15-6-4-3-5-7-15/h3-11H,2,12-14H2,1H3. The van der Waals surface area contributed by atoms with Crippen molar-refractivity contribution in [2.75, 3.05) is 19.7 Å². The van der Waals surface area contributed by atoms with Crippen molar-refractivity contribution in [2.45, 2.75) is 18.9 Å². The third-order valence-electron chi connectivity index (χ3n) is 4.37. The maximum absolute atomic E-state index is 12.6. The van der Waals surface area contributed by atoms with Gasteiger partial charge in [0.15, 0.2) is 0 Å². The molecule has 116 valence electrons. The SMILES string of the molecule is [B]c1ccc(C2(C(=O)OCC)CN(Cc3ccccc3)C2)cc1. The van der Waals surface area contributed by atoms with Gasteiger partial charge in [0, 0.05) is 19.6 Å². The Labute approximate surface area is 138 Å². The molecule has 0 aliphatic carbocycles. The molecule has 0 bridgehead atoms. The van der Waals surface area contributed by atoms with Crippen molar-refractivity contribution >= 4 is 19.3 Å². The molecule has 0 atom stereocenters. The molecule has 2 radical (unpaired) electrons. The van der Waals surface area contributed by atoms with Crippen LogP contribution in [-0.2, 0) is 21.5 Å². The van der Waals surface area contributed by atoms with Crippen LogP contribution in [-0.4, -0.2) is 38.4 Å². The number of esters is 1. The Bertz CT molecular complexity index is 664. The Balaban J connectivity index is 1.77. The first-order valence-corrected chi connectivity index (χ1v) is 7.93. The quantitative estimate of drug-likeness (QED) is 0.623. The van der Waals surface area contributed by atoms with Crippen molar-refractivity contribution in [2.24, 2.45) is 0 Å². The van der Waals surface area contributed by atoms with Gasteiger partial charge >= 0.3 is 5.97 Å². The molecule has 1 aliphatic rings. The minimum atomic E-state index is -0.571. The van der Waals surface area contributed by atoms with E-state index in [9.17, 15) is 4.79 Å². The van der Waals surface area contributed by atoms with Crippen LogP contribution >= 0.6 is 0 Å². The lowest BCUT2D eigenvalue weighted by Gasteiger charge is -2.48. The molecule has 4 heteroatoms. The zero-order chi connectivity index (χ0) is 16.3. The lowest BCUT2D eigenvalue weighted by molar-refractivity contribution is -0.158. The molecule has 0 unspecified atom stereocenters. The average Bonchev–Trinajstić information content (AvgIpc) is 2.53. The topological polar surface area (TPSA) is 29.5 Å². The minimum absolute atomic E-state index is 0.144. The first-order valence-electron chi connectivity index (χ1n) is 7.93. The van der Waals surface area contributed by atoms with E-state index in [4.69, 9.17) is 12.6 Å². The number of ether oxygens (including phenoxy) is 1. The molecule has 1 aliphatic heterocycles. The fourth-order valence-corrected chi connectivity index (χ4v) is 3.17. The number of nitrogens with zero attached hydrogens (tertiary/aromatic N) is 1. The highest BCUT2D eigenvalue weighted by molar-refractivity contribution is 6.32. The average molecular weight is 305 g/mol. The first-order chi connectivity index (χ1) is 11.1. The Hall–Kier alpha value is -2.07. The summed E-state index contributed by atoms with van der Waals surface area (Å²) >= 11 is 0. The summed E-state index contributed by atoms with van der Waals surface area (Å²) in [6, 6.07) is 17.9. The van der Waals surface area contributed by atoms with Crippen LogP contribution in [0, 0.1) is 0 Å². The molecule has 0 spiro atoms. The highest BCUT2D eigenvalue weighted by Crippen LogP contribution is 2.36. The van der Waals surface area contributed by atoms with Gasteiger partial charge in [-0.2, -0.15) is 0 Å². The Kier molecular flexibility index (Phi) is 4.53. The normalized spacial score (nSPS) is 16.6. The van der Waals surface area contributed by atoms with E-state index >= 15 is 0 Å². The summed E-state index contributed by atoms with van der Waals surface area (Å²) in [7, 11) is 5.77. The summed E-state index contributed by atoms with van der Waals surface area (Å²) in [6.07, 6.45) is 0. The second-order valence-corrected chi connectivity index (χ2v) is 6.06. The molecule has 2 aromatic carbocycles. The predicted octanol–water partition coefficient (Wildman–Crippen LogP) is 1.80. The van der Waals surface area contributed by atoms with Crippen molar-refractivity contribution in [1.29, 1.82) is 0 Å². The Morgan fingerprint density at radius 3 is 2.39 bits per heavy atom. The second kappa shape index (κ2) is 6.59. The molecule has 23 heavy (non-hydrogen) atoms. The van der Waals surface area contributed by atoms with Gasteiger partial charge in [0.25, 0.3) is 0 Å². The molecular weight excluding hydrogens is 285 g/mol. The van der Waals surface area contributed by atoms with E-state index in [1.807, 2.05) is 49.4 Å². The number of likely N-dealkylation sites (tertiary alicyclic amines) is 1. The van der Waals surface area contributed by atoms with Crippen LogP contribution in [0.2, 0.25) is 0 Å². The molecule has 0 N–H and O–H groups in total. The summed E-state index contributed by atoms with van der Waals surface area (Å²) in [4.78, 5) is 14.8. The summed E-state index contributed by atoms with van der Waals surface area (Å²) in [5, 5.41) is 0. The van der Waals surface area contributed by atoms with E-state index < -0.39 is 5.41 Å². The van der Waals surface area contributed by atoms with Crippen LogP contribution in [0.1, 0.15) is 18.1 Å². The monoisotopic (exact) mass is 305 g/mol. The van der Waals surface area contributed by atoms with Gasteiger partial charge in [0.05, 0.1) is 6.61 Å². The molecule has 3 nitrogen and oxygen atoms in total. The molecule has 2 aromatic rings. The van der Waals surface area contributed by atoms with Gasteiger partial charge in [0.1, 0.15) is 13.3 Å². The Morgan fingerprint density at radius 1 is 1.13 bits per heavy atom. The lowest BCUT2D eigenvalue weighted by Crippen LogP contribution is -2.63. The zero-order valence-electron chi connectivity index (χ0n) is 13.4. The van der Waals surface area contributed by atoms with Gasteiger partial charge in [-0.15, -0.1) is 0 Å². The third-order valence-corrected chi connectivity index (χ3v) is 4.37. The van der Waals surface area contributed by atoms with Gasteiger partial charge in [-0.3, -0.25) is 9.69 Å². The van der Waals surface area contributed by atoms with Crippen LogP contribution < -0.4 is 5.46 Å². The van der Waals surface area contributed by atoms with Crippen molar-refractivity contribution in [3.63, 3.8) is 0 Å². The number of hydrogen-bond acceptors (Lipinski definition) is 3. The maximum Gasteiger partial charge on any atom is 0.319 e. The number of carbonyl (C=O) groups is 1. The van der Waals surface area contributed by atoms with E-state index in [1.165, 1.54) is 5.56 Å². The highest BCUT2D eigenvalue weighted by atomic mass is 16.5. The van der Waals surface area contributed by atoms with Crippen molar-refractivity contribution < 1.29 is 9.53 Å². The van der Waals surface area contributed by atoms with Crippen molar-refractivity contribution in [3.05, 3.63) is 65.7 Å². The van der Waals surface area contributed by atoms with E-state index in [0.717, 1.165) is 12.1 Å². The smallest absolute Gasteiger partial charge is 0.319 e. The van der Waals surface area contributed by atoms with Crippen LogP contribution in [0.5, 0.6) is 0 Å². The lowest BCUT2D eigenvalue weighted by atomic mass is 9.72. The molecule has 1 saturated heterocycles. The molecule has 3 rings (SSSR count). The number of hydrogen-bond donors (Lipinski definition) is 0. The summed E-state index contributed by atoms with van der Waals surface area (Å²) in [5.74, 6) is -0.144. The largest absolute Gasteiger partial charge is 0.465 e. The molecule has 0 saturated carbocycles.